The number of nitrogens with zero attached hydrogens (tertiary/aromatic N) is 3. The molecule has 0 bridgehead atoms. The van der Waals surface area contributed by atoms with Crippen molar-refractivity contribution in [3.63, 3.8) is 0 Å². The number of anilines is 1. The highest BCUT2D eigenvalue weighted by Gasteiger charge is 2.32. The van der Waals surface area contributed by atoms with Gasteiger partial charge in [-0.1, -0.05) is 30.0 Å². The number of amides is 1. The molecule has 7 heteroatoms. The van der Waals surface area contributed by atoms with Crippen LogP contribution < -0.4 is 4.90 Å². The fourth-order valence-corrected chi connectivity index (χ4v) is 4.14. The van der Waals surface area contributed by atoms with Gasteiger partial charge in [-0.15, -0.1) is 0 Å². The molecular formula is C20H21N3O2S2. The van der Waals surface area contributed by atoms with Crippen LogP contribution in [0.15, 0.2) is 47.6 Å². The number of aromatic hydroxyl groups is 1. The number of carbonyl (C=O) groups excluding carboxylic acids is 1. The van der Waals surface area contributed by atoms with Gasteiger partial charge in [0.1, 0.15) is 10.1 Å². The molecule has 1 amide bonds. The van der Waals surface area contributed by atoms with E-state index in [0.29, 0.717) is 21.3 Å². The largest absolute Gasteiger partial charge is 0.507 e. The molecule has 1 aliphatic rings. The zero-order chi connectivity index (χ0) is 19.4. The molecule has 0 aliphatic carbocycles. The Balaban J connectivity index is 1.81. The molecule has 1 aromatic carbocycles. The molecule has 140 valence electrons. The molecule has 0 atom stereocenters. The van der Waals surface area contributed by atoms with Crippen LogP contribution in [-0.4, -0.2) is 38.3 Å². The first-order chi connectivity index (χ1) is 13.0. The maximum Gasteiger partial charge on any atom is 0.266 e. The van der Waals surface area contributed by atoms with Crippen LogP contribution in [0, 0.1) is 0 Å². The van der Waals surface area contributed by atoms with E-state index in [0.717, 1.165) is 24.3 Å². The maximum atomic E-state index is 12.7. The van der Waals surface area contributed by atoms with Crippen LogP contribution in [-0.2, 0) is 11.3 Å². The average molecular weight is 400 g/mol. The van der Waals surface area contributed by atoms with Crippen LogP contribution in [0.3, 0.4) is 0 Å². The molecule has 1 saturated heterocycles. The lowest BCUT2D eigenvalue weighted by atomic mass is 10.1. The molecule has 1 aromatic heterocycles. The molecule has 5 nitrogen and oxygen atoms in total. The van der Waals surface area contributed by atoms with E-state index >= 15 is 0 Å². The number of phenolic OH excluding ortho intramolecular Hbond substituents is 1. The average Bonchev–Trinajstić information content (AvgIpc) is 2.93. The van der Waals surface area contributed by atoms with E-state index in [1.165, 1.54) is 11.8 Å². The number of aromatic nitrogens is 1. The first-order valence-electron chi connectivity index (χ1n) is 8.75. The SMILES string of the molecule is CCN(CC)c1ccc(/C=C2\SC(=S)N(Cc3cccnc3)C2=O)c(O)c1. The minimum atomic E-state index is -0.152. The van der Waals surface area contributed by atoms with E-state index in [4.69, 9.17) is 12.2 Å². The highest BCUT2D eigenvalue weighted by atomic mass is 32.2. The van der Waals surface area contributed by atoms with Gasteiger partial charge in [-0.2, -0.15) is 0 Å². The van der Waals surface area contributed by atoms with Crippen LogP contribution in [0.25, 0.3) is 6.08 Å². The first kappa shape index (κ1) is 19.4. The molecule has 27 heavy (non-hydrogen) atoms. The van der Waals surface area contributed by atoms with Crippen molar-refractivity contribution >= 4 is 46.0 Å². The third-order valence-corrected chi connectivity index (χ3v) is 5.74. The number of hydrogen-bond donors (Lipinski definition) is 1. The second-order valence-electron chi connectivity index (χ2n) is 6.04. The smallest absolute Gasteiger partial charge is 0.266 e. The van der Waals surface area contributed by atoms with Gasteiger partial charge in [-0.25, -0.2) is 0 Å². The molecule has 3 rings (SSSR count). The summed E-state index contributed by atoms with van der Waals surface area (Å²) in [5.74, 6) is -0.00185. The van der Waals surface area contributed by atoms with Gasteiger partial charge in [0.25, 0.3) is 5.91 Å². The van der Waals surface area contributed by atoms with Crippen molar-refractivity contribution in [2.45, 2.75) is 20.4 Å². The van der Waals surface area contributed by atoms with Crippen molar-refractivity contribution in [3.05, 3.63) is 58.8 Å². The number of benzene rings is 1. The van der Waals surface area contributed by atoms with Gasteiger partial charge in [0.2, 0.25) is 0 Å². The Morgan fingerprint density at radius 3 is 2.70 bits per heavy atom. The van der Waals surface area contributed by atoms with E-state index in [9.17, 15) is 9.90 Å². The summed E-state index contributed by atoms with van der Waals surface area (Å²) in [6.45, 7) is 6.26. The Bertz CT molecular complexity index is 880. The van der Waals surface area contributed by atoms with Crippen LogP contribution in [0.5, 0.6) is 5.75 Å². The highest BCUT2D eigenvalue weighted by molar-refractivity contribution is 8.26. The number of rotatable bonds is 6. The predicted molar refractivity (Wildman–Crippen MR) is 115 cm³/mol. The summed E-state index contributed by atoms with van der Waals surface area (Å²) in [6, 6.07) is 9.26. The summed E-state index contributed by atoms with van der Waals surface area (Å²) in [5.41, 5.74) is 2.48. The van der Waals surface area contributed by atoms with E-state index < -0.39 is 0 Å². The number of hydrogen-bond acceptors (Lipinski definition) is 6. The molecule has 1 N–H and O–H groups in total. The predicted octanol–water partition coefficient (Wildman–Crippen LogP) is 4.03. The molecule has 0 unspecified atom stereocenters. The third kappa shape index (κ3) is 4.31. The van der Waals surface area contributed by atoms with Crippen LogP contribution in [0.1, 0.15) is 25.0 Å². The number of thioether (sulfide) groups is 1. The molecule has 1 fully saturated rings. The molecule has 2 aromatic rings. The summed E-state index contributed by atoms with van der Waals surface area (Å²) in [4.78, 5) is 21.0. The van der Waals surface area contributed by atoms with E-state index in [-0.39, 0.29) is 11.7 Å². The van der Waals surface area contributed by atoms with Crippen molar-refractivity contribution in [1.29, 1.82) is 0 Å². The number of phenols is 1. The fourth-order valence-electron chi connectivity index (χ4n) is 2.89. The number of pyridine rings is 1. The minimum absolute atomic E-state index is 0.150. The topological polar surface area (TPSA) is 56.7 Å². The lowest BCUT2D eigenvalue weighted by Crippen LogP contribution is -2.27. The van der Waals surface area contributed by atoms with Gasteiger partial charge in [-0.3, -0.25) is 14.7 Å². The Morgan fingerprint density at radius 1 is 1.30 bits per heavy atom. The Kier molecular flexibility index (Phi) is 6.13. The molecule has 1 aliphatic heterocycles. The van der Waals surface area contributed by atoms with Gasteiger partial charge in [0, 0.05) is 42.8 Å². The molecular weight excluding hydrogens is 378 g/mol. The number of thiocarbonyl (C=S) groups is 1. The first-order valence-corrected chi connectivity index (χ1v) is 9.98. The fraction of sp³-hybridized carbons (Fsp3) is 0.250. The second kappa shape index (κ2) is 8.54. The third-order valence-electron chi connectivity index (χ3n) is 4.37. The summed E-state index contributed by atoms with van der Waals surface area (Å²) in [6.07, 6.45) is 5.11. The summed E-state index contributed by atoms with van der Waals surface area (Å²) >= 11 is 6.62. The summed E-state index contributed by atoms with van der Waals surface area (Å²) < 4.78 is 0.509. The van der Waals surface area contributed by atoms with E-state index in [2.05, 4.69) is 23.7 Å². The van der Waals surface area contributed by atoms with Gasteiger partial charge < -0.3 is 10.0 Å². The lowest BCUT2D eigenvalue weighted by Gasteiger charge is -2.21. The lowest BCUT2D eigenvalue weighted by molar-refractivity contribution is -0.122. The standard InChI is InChI=1S/C20H21N3O2S2/c1-3-22(4-2)16-8-7-15(17(24)11-16)10-18-19(25)23(20(26)27-18)13-14-6-5-9-21-12-14/h5-12,24H,3-4,13H2,1-2H3/b18-10-. The Hall–Kier alpha value is -2.38. The Labute approximate surface area is 168 Å². The monoisotopic (exact) mass is 399 g/mol. The van der Waals surface area contributed by atoms with Crippen molar-refractivity contribution < 1.29 is 9.90 Å². The van der Waals surface area contributed by atoms with Gasteiger partial charge in [0.15, 0.2) is 0 Å². The molecule has 0 saturated carbocycles. The van der Waals surface area contributed by atoms with Crippen molar-refractivity contribution in [2.24, 2.45) is 0 Å². The van der Waals surface area contributed by atoms with E-state index in [1.54, 1.807) is 29.4 Å². The van der Waals surface area contributed by atoms with Crippen molar-refractivity contribution in [1.82, 2.24) is 9.88 Å². The highest BCUT2D eigenvalue weighted by Crippen LogP contribution is 2.35. The summed E-state index contributed by atoms with van der Waals surface area (Å²) in [5, 5.41) is 10.4. The van der Waals surface area contributed by atoms with Gasteiger partial charge >= 0.3 is 0 Å². The zero-order valence-electron chi connectivity index (χ0n) is 15.3. The van der Waals surface area contributed by atoms with Crippen molar-refractivity contribution in [3.8, 4) is 5.75 Å². The molecule has 2 heterocycles. The van der Waals surface area contributed by atoms with Crippen LogP contribution in [0.2, 0.25) is 0 Å². The van der Waals surface area contributed by atoms with Gasteiger partial charge in [0.05, 0.1) is 11.4 Å². The van der Waals surface area contributed by atoms with Crippen molar-refractivity contribution in [2.75, 3.05) is 18.0 Å². The molecule has 0 radical (unpaired) electrons. The minimum Gasteiger partial charge on any atom is -0.507 e. The maximum absolute atomic E-state index is 12.7. The summed E-state index contributed by atoms with van der Waals surface area (Å²) in [7, 11) is 0. The number of carbonyl (C=O) groups is 1. The van der Waals surface area contributed by atoms with Crippen LogP contribution >= 0.6 is 24.0 Å². The second-order valence-corrected chi connectivity index (χ2v) is 7.72. The quantitative estimate of drug-likeness (QED) is 0.585. The van der Waals surface area contributed by atoms with Gasteiger partial charge in [-0.05, 0) is 43.7 Å². The van der Waals surface area contributed by atoms with E-state index in [1.807, 2.05) is 24.3 Å². The molecule has 0 spiro atoms. The normalized spacial score (nSPS) is 15.6. The zero-order valence-corrected chi connectivity index (χ0v) is 16.9. The van der Waals surface area contributed by atoms with Crippen LogP contribution in [0.4, 0.5) is 5.69 Å². The Morgan fingerprint density at radius 2 is 2.07 bits per heavy atom.